The number of halogens is 3. The number of carboxylic acids is 1. The maximum atomic E-state index is 13.9. The van der Waals surface area contributed by atoms with Gasteiger partial charge in [0, 0.05) is 37.1 Å². The molecule has 1 saturated heterocycles. The lowest BCUT2D eigenvalue weighted by atomic mass is 9.91. The lowest BCUT2D eigenvalue weighted by molar-refractivity contribution is -0.155. The SMILES string of the molecule is CC(C)CC(NC(=O)C(Cc1cccc2ccccc12)NC(=O)c1cc(C(F)(F)F)on1)C(=O)NC(/C=C/C(=O)O)CC1CCCNC1=O. The number of piperidine rings is 1. The standard InChI is InChI=1S/C34H38F3N5O7/c1-19(2)15-25(31(46)39-23(12-13-29(43)44)16-22-10-6-14-38-30(22)45)40-32(47)26(17-21-9-5-8-20-7-3-4-11-24(20)21)41-33(48)27-18-28(49-42-27)34(35,36)37/h3-5,7-9,11-13,18-19,22-23,25-26H,6,10,14-17H2,1-2H3,(H,38,45)(H,39,46)(H,40,47)(H,41,48)(H,43,44)/b13-12+. The van der Waals surface area contributed by atoms with Gasteiger partial charge in [0.25, 0.3) is 5.91 Å². The topological polar surface area (TPSA) is 180 Å². The number of alkyl halides is 3. The number of carbonyl (C=O) groups excluding carboxylic acids is 4. The molecular weight excluding hydrogens is 647 g/mol. The van der Waals surface area contributed by atoms with E-state index in [2.05, 4.69) is 30.9 Å². The number of rotatable bonds is 14. The summed E-state index contributed by atoms with van der Waals surface area (Å²) in [5, 5.41) is 24.7. The quantitative estimate of drug-likeness (QED) is 0.159. The van der Waals surface area contributed by atoms with Crippen molar-refractivity contribution in [3.05, 3.63) is 77.7 Å². The van der Waals surface area contributed by atoms with E-state index >= 15 is 0 Å². The number of benzene rings is 2. The van der Waals surface area contributed by atoms with Gasteiger partial charge >= 0.3 is 12.1 Å². The molecule has 15 heteroatoms. The summed E-state index contributed by atoms with van der Waals surface area (Å²) in [5.41, 5.74) is -0.0523. The van der Waals surface area contributed by atoms with Crippen LogP contribution in [-0.4, -0.2) is 64.5 Å². The zero-order valence-electron chi connectivity index (χ0n) is 26.9. The molecule has 2 aromatic carbocycles. The number of carbonyl (C=O) groups is 5. The number of amides is 4. The third kappa shape index (κ3) is 10.4. The fourth-order valence-electron chi connectivity index (χ4n) is 5.66. The van der Waals surface area contributed by atoms with Gasteiger partial charge in [-0.3, -0.25) is 19.2 Å². The Morgan fingerprint density at radius 3 is 2.43 bits per heavy atom. The van der Waals surface area contributed by atoms with Gasteiger partial charge in [-0.2, -0.15) is 13.2 Å². The summed E-state index contributed by atoms with van der Waals surface area (Å²) in [6.45, 7) is 4.16. The van der Waals surface area contributed by atoms with Crippen LogP contribution in [-0.2, 0) is 31.8 Å². The van der Waals surface area contributed by atoms with E-state index in [4.69, 9.17) is 0 Å². The van der Waals surface area contributed by atoms with Crippen molar-refractivity contribution in [3.8, 4) is 0 Å². The molecule has 4 amide bonds. The predicted molar refractivity (Wildman–Crippen MR) is 171 cm³/mol. The molecule has 2 heterocycles. The van der Waals surface area contributed by atoms with Gasteiger partial charge in [-0.15, -0.1) is 0 Å². The number of aliphatic carboxylic acids is 1. The lowest BCUT2D eigenvalue weighted by Gasteiger charge is -2.28. The molecule has 4 atom stereocenters. The van der Waals surface area contributed by atoms with Gasteiger partial charge in [0.05, 0.1) is 0 Å². The third-order valence-corrected chi connectivity index (χ3v) is 8.02. The van der Waals surface area contributed by atoms with Gasteiger partial charge in [-0.1, -0.05) is 67.5 Å². The summed E-state index contributed by atoms with van der Waals surface area (Å²) < 4.78 is 43.7. The highest BCUT2D eigenvalue weighted by atomic mass is 19.4. The molecule has 0 bridgehead atoms. The number of nitrogens with one attached hydrogen (secondary N) is 4. The van der Waals surface area contributed by atoms with Crippen LogP contribution in [0.5, 0.6) is 0 Å². The van der Waals surface area contributed by atoms with Crippen LogP contribution in [0.1, 0.15) is 61.3 Å². The van der Waals surface area contributed by atoms with Gasteiger partial charge < -0.3 is 30.9 Å². The lowest BCUT2D eigenvalue weighted by Crippen LogP contribution is -2.56. The largest absolute Gasteiger partial charge is 0.478 e. The molecule has 0 saturated carbocycles. The molecule has 12 nitrogen and oxygen atoms in total. The molecule has 262 valence electrons. The first-order valence-electron chi connectivity index (χ1n) is 15.8. The molecule has 1 aliphatic heterocycles. The molecule has 1 fully saturated rings. The average molecular weight is 686 g/mol. The zero-order chi connectivity index (χ0) is 35.7. The van der Waals surface area contributed by atoms with Crippen LogP contribution < -0.4 is 21.3 Å². The maximum absolute atomic E-state index is 13.9. The summed E-state index contributed by atoms with van der Waals surface area (Å²) in [7, 11) is 0. The van der Waals surface area contributed by atoms with Crippen molar-refractivity contribution < 1.29 is 46.8 Å². The van der Waals surface area contributed by atoms with Crippen molar-refractivity contribution in [1.29, 1.82) is 0 Å². The van der Waals surface area contributed by atoms with Crippen LogP contribution in [0.3, 0.4) is 0 Å². The van der Waals surface area contributed by atoms with E-state index in [9.17, 15) is 42.3 Å². The summed E-state index contributed by atoms with van der Waals surface area (Å²) in [5.74, 6) is -6.08. The van der Waals surface area contributed by atoms with Gasteiger partial charge in [-0.25, -0.2) is 4.79 Å². The Kier molecular flexibility index (Phi) is 12.2. The summed E-state index contributed by atoms with van der Waals surface area (Å²) in [6.07, 6.45) is -1.30. The number of carboxylic acid groups (broad SMARTS) is 1. The van der Waals surface area contributed by atoms with E-state index in [1.165, 1.54) is 6.08 Å². The highest BCUT2D eigenvalue weighted by molar-refractivity contribution is 5.98. The fraction of sp³-hybridized carbons (Fsp3) is 0.412. The molecule has 0 radical (unpaired) electrons. The maximum Gasteiger partial charge on any atom is 0.452 e. The predicted octanol–water partition coefficient (Wildman–Crippen LogP) is 3.76. The first-order valence-corrected chi connectivity index (χ1v) is 15.8. The first-order chi connectivity index (χ1) is 23.2. The molecule has 3 aromatic rings. The van der Waals surface area contributed by atoms with Crippen LogP contribution in [0.4, 0.5) is 13.2 Å². The Hall–Kier alpha value is -5.21. The van der Waals surface area contributed by atoms with Gasteiger partial charge in [0.15, 0.2) is 5.69 Å². The normalized spacial score (nSPS) is 16.9. The molecule has 0 aliphatic carbocycles. The minimum absolute atomic E-state index is 0.0975. The number of nitrogens with zero attached hydrogens (tertiary/aromatic N) is 1. The van der Waals surface area contributed by atoms with Crippen LogP contribution >= 0.6 is 0 Å². The molecule has 0 spiro atoms. The van der Waals surface area contributed by atoms with Crippen molar-refractivity contribution in [2.45, 2.75) is 70.3 Å². The van der Waals surface area contributed by atoms with E-state index in [0.29, 0.717) is 24.6 Å². The highest BCUT2D eigenvalue weighted by Crippen LogP contribution is 2.29. The minimum Gasteiger partial charge on any atom is -0.478 e. The monoisotopic (exact) mass is 685 g/mol. The van der Waals surface area contributed by atoms with Crippen LogP contribution in [0, 0.1) is 11.8 Å². The first kappa shape index (κ1) is 36.6. The van der Waals surface area contributed by atoms with Crippen molar-refractivity contribution in [3.63, 3.8) is 0 Å². The van der Waals surface area contributed by atoms with Crippen molar-refractivity contribution in [2.75, 3.05) is 6.54 Å². The van der Waals surface area contributed by atoms with Gasteiger partial charge in [-0.05, 0) is 47.9 Å². The van der Waals surface area contributed by atoms with Gasteiger partial charge in [0.1, 0.15) is 12.1 Å². The fourth-order valence-corrected chi connectivity index (χ4v) is 5.66. The van der Waals surface area contributed by atoms with Crippen molar-refractivity contribution >= 4 is 40.4 Å². The second-order valence-electron chi connectivity index (χ2n) is 12.3. The summed E-state index contributed by atoms with van der Waals surface area (Å²) in [4.78, 5) is 64.3. The van der Waals surface area contributed by atoms with Gasteiger partial charge in [0.2, 0.25) is 23.5 Å². The van der Waals surface area contributed by atoms with Crippen LogP contribution in [0.25, 0.3) is 10.8 Å². The molecule has 4 unspecified atom stereocenters. The Morgan fingerprint density at radius 1 is 1.04 bits per heavy atom. The smallest absolute Gasteiger partial charge is 0.452 e. The second kappa shape index (κ2) is 16.3. The summed E-state index contributed by atoms with van der Waals surface area (Å²) >= 11 is 0. The average Bonchev–Trinajstić information content (AvgIpc) is 3.56. The Bertz CT molecular complexity index is 1700. The Labute approximate surface area is 279 Å². The molecule has 1 aromatic heterocycles. The molecule has 5 N–H and O–H groups in total. The zero-order valence-corrected chi connectivity index (χ0v) is 26.9. The number of aromatic nitrogens is 1. The molecule has 4 rings (SSSR count). The van der Waals surface area contributed by atoms with E-state index in [-0.39, 0.29) is 31.1 Å². The van der Waals surface area contributed by atoms with E-state index in [1.54, 1.807) is 18.2 Å². The Balaban J connectivity index is 1.59. The highest BCUT2D eigenvalue weighted by Gasteiger charge is 2.37. The molecule has 49 heavy (non-hydrogen) atoms. The minimum atomic E-state index is -4.89. The van der Waals surface area contributed by atoms with E-state index in [0.717, 1.165) is 23.3 Å². The van der Waals surface area contributed by atoms with Crippen molar-refractivity contribution in [2.24, 2.45) is 11.8 Å². The molecular formula is C34H38F3N5O7. The number of hydrogen-bond acceptors (Lipinski definition) is 7. The van der Waals surface area contributed by atoms with E-state index < -0.39 is 65.4 Å². The Morgan fingerprint density at radius 2 is 1.76 bits per heavy atom. The van der Waals surface area contributed by atoms with Crippen LogP contribution in [0.2, 0.25) is 0 Å². The number of hydrogen-bond donors (Lipinski definition) is 5. The van der Waals surface area contributed by atoms with Crippen molar-refractivity contribution in [1.82, 2.24) is 26.4 Å². The molecule has 1 aliphatic rings. The third-order valence-electron chi connectivity index (χ3n) is 8.02. The van der Waals surface area contributed by atoms with Crippen LogP contribution in [0.15, 0.2) is 65.2 Å². The number of fused-ring (bicyclic) bond motifs is 1. The van der Waals surface area contributed by atoms with E-state index in [1.807, 2.05) is 38.1 Å². The summed E-state index contributed by atoms with van der Waals surface area (Å²) in [6, 6.07) is 9.69. The second-order valence-corrected chi connectivity index (χ2v) is 12.3.